The monoisotopic (exact) mass is 333 g/mol. The average Bonchev–Trinajstić information content (AvgIpc) is 2.59. The number of halogens is 2. The van der Waals surface area contributed by atoms with Crippen LogP contribution in [0.3, 0.4) is 0 Å². The van der Waals surface area contributed by atoms with Crippen LogP contribution in [0.4, 0.5) is 25.8 Å². The number of anilines is 2. The summed E-state index contributed by atoms with van der Waals surface area (Å²) in [6.07, 6.45) is 0.442. The lowest BCUT2D eigenvalue weighted by atomic mass is 10.2. The molecular weight excluding hydrogens is 312 g/mol. The van der Waals surface area contributed by atoms with Crippen LogP contribution in [0.1, 0.15) is 31.1 Å². The zero-order chi connectivity index (χ0) is 18.3. The zero-order valence-electron chi connectivity index (χ0n) is 14.2. The highest BCUT2D eigenvalue weighted by molar-refractivity contribution is 5.98. The molecule has 0 saturated heterocycles. The van der Waals surface area contributed by atoms with E-state index in [4.69, 9.17) is 5.73 Å². The quantitative estimate of drug-likeness (QED) is 0.387. The van der Waals surface area contributed by atoms with Gasteiger partial charge in [-0.2, -0.15) is 0 Å². The molecule has 0 aliphatic rings. The average molecular weight is 333 g/mol. The SMILES string of the molecule is CC.CC(=Nc1cc(F)c(F)cc1C=O)N(C)c1ccc(N)cc1. The molecule has 0 spiro atoms. The first kappa shape index (κ1) is 19.3. The van der Waals surface area contributed by atoms with Crippen molar-refractivity contribution in [3.63, 3.8) is 0 Å². The summed E-state index contributed by atoms with van der Waals surface area (Å²) in [4.78, 5) is 16.9. The molecule has 0 atom stereocenters. The van der Waals surface area contributed by atoms with Gasteiger partial charge < -0.3 is 10.6 Å². The Bertz CT molecular complexity index is 728. The van der Waals surface area contributed by atoms with Gasteiger partial charge in [0.05, 0.1) is 5.69 Å². The topological polar surface area (TPSA) is 58.7 Å². The number of aldehydes is 1. The van der Waals surface area contributed by atoms with Crippen molar-refractivity contribution in [3.8, 4) is 0 Å². The van der Waals surface area contributed by atoms with Crippen molar-refractivity contribution in [1.82, 2.24) is 0 Å². The number of aliphatic imine (C=N–C) groups is 1. The van der Waals surface area contributed by atoms with Crippen molar-refractivity contribution in [2.45, 2.75) is 20.8 Å². The molecular formula is C18H21F2N3O. The van der Waals surface area contributed by atoms with Crippen LogP contribution in [0, 0.1) is 11.6 Å². The maximum Gasteiger partial charge on any atom is 0.161 e. The van der Waals surface area contributed by atoms with Gasteiger partial charge in [0.2, 0.25) is 0 Å². The Morgan fingerprint density at radius 1 is 1.12 bits per heavy atom. The van der Waals surface area contributed by atoms with Gasteiger partial charge in [-0.15, -0.1) is 0 Å². The van der Waals surface area contributed by atoms with E-state index in [1.165, 1.54) is 0 Å². The number of nitrogen functional groups attached to an aromatic ring is 1. The largest absolute Gasteiger partial charge is 0.399 e. The summed E-state index contributed by atoms with van der Waals surface area (Å²) in [5.41, 5.74) is 7.16. The Kier molecular flexibility index (Phi) is 7.04. The second kappa shape index (κ2) is 8.76. The van der Waals surface area contributed by atoms with Crippen LogP contribution in [0.5, 0.6) is 0 Å². The van der Waals surface area contributed by atoms with E-state index in [1.807, 2.05) is 13.8 Å². The number of carbonyl (C=O) groups excluding carboxylic acids is 1. The van der Waals surface area contributed by atoms with Gasteiger partial charge >= 0.3 is 0 Å². The first-order valence-corrected chi connectivity index (χ1v) is 7.51. The van der Waals surface area contributed by atoms with Crippen molar-refractivity contribution in [2.75, 3.05) is 17.7 Å². The molecule has 0 aliphatic carbocycles. The lowest BCUT2D eigenvalue weighted by molar-refractivity contribution is 0.112. The van der Waals surface area contributed by atoms with Crippen molar-refractivity contribution in [1.29, 1.82) is 0 Å². The molecule has 0 aromatic heterocycles. The molecule has 2 N–H and O–H groups in total. The van der Waals surface area contributed by atoms with Gasteiger partial charge in [-0.1, -0.05) is 13.8 Å². The molecule has 0 radical (unpaired) electrons. The third-order valence-corrected chi connectivity index (χ3v) is 3.24. The first-order chi connectivity index (χ1) is 11.4. The molecule has 4 nitrogen and oxygen atoms in total. The number of amidine groups is 1. The van der Waals surface area contributed by atoms with Crippen molar-refractivity contribution in [2.24, 2.45) is 4.99 Å². The standard InChI is InChI=1S/C16H15F2N3O.C2H6/c1-10(21(2)13-5-3-12(19)4-6-13)20-16-8-15(18)14(17)7-11(16)9-22;1-2/h3-9H,19H2,1-2H3;1-2H3. The number of rotatable bonds is 3. The second-order valence-corrected chi connectivity index (χ2v) is 4.75. The summed E-state index contributed by atoms with van der Waals surface area (Å²) in [5, 5.41) is 0. The van der Waals surface area contributed by atoms with E-state index in [0.717, 1.165) is 17.8 Å². The molecule has 0 aliphatic heterocycles. The highest BCUT2D eigenvalue weighted by atomic mass is 19.2. The zero-order valence-corrected chi connectivity index (χ0v) is 14.2. The predicted molar refractivity (Wildman–Crippen MR) is 95.1 cm³/mol. The lowest BCUT2D eigenvalue weighted by Gasteiger charge is -2.19. The molecule has 24 heavy (non-hydrogen) atoms. The molecule has 0 fully saturated rings. The van der Waals surface area contributed by atoms with Crippen molar-refractivity contribution >= 4 is 29.2 Å². The van der Waals surface area contributed by atoms with Crippen molar-refractivity contribution < 1.29 is 13.6 Å². The van der Waals surface area contributed by atoms with Crippen LogP contribution in [0.25, 0.3) is 0 Å². The summed E-state index contributed by atoms with van der Waals surface area (Å²) in [5.74, 6) is -1.61. The maximum atomic E-state index is 13.3. The van der Waals surface area contributed by atoms with Crippen LogP contribution in [-0.2, 0) is 0 Å². The van der Waals surface area contributed by atoms with E-state index in [9.17, 15) is 13.6 Å². The van der Waals surface area contributed by atoms with Gasteiger partial charge in [0.15, 0.2) is 17.9 Å². The van der Waals surface area contributed by atoms with E-state index in [2.05, 4.69) is 4.99 Å². The van der Waals surface area contributed by atoms with E-state index in [1.54, 1.807) is 43.1 Å². The molecule has 128 valence electrons. The third-order valence-electron chi connectivity index (χ3n) is 3.24. The minimum absolute atomic E-state index is 0.0102. The van der Waals surface area contributed by atoms with Gasteiger partial charge in [0.25, 0.3) is 0 Å². The van der Waals surface area contributed by atoms with Crippen LogP contribution < -0.4 is 10.6 Å². The third kappa shape index (κ3) is 4.62. The summed E-state index contributed by atoms with van der Waals surface area (Å²) in [6.45, 7) is 5.70. The Morgan fingerprint density at radius 2 is 1.67 bits per heavy atom. The number of carbonyl (C=O) groups is 1. The highest BCUT2D eigenvalue weighted by Gasteiger charge is 2.11. The molecule has 0 bridgehead atoms. The number of nitrogens with two attached hydrogens (primary N) is 1. The molecule has 2 aromatic rings. The first-order valence-electron chi connectivity index (χ1n) is 7.51. The molecule has 2 rings (SSSR count). The minimum Gasteiger partial charge on any atom is -0.399 e. The fraction of sp³-hybridized carbons (Fsp3) is 0.222. The van der Waals surface area contributed by atoms with E-state index in [-0.39, 0.29) is 11.3 Å². The molecule has 0 amide bonds. The molecule has 0 unspecified atom stereocenters. The summed E-state index contributed by atoms with van der Waals surface area (Å²) < 4.78 is 26.5. The normalized spacial score (nSPS) is 10.7. The Labute approximate surface area is 140 Å². The van der Waals surface area contributed by atoms with Gasteiger partial charge in [0, 0.05) is 30.1 Å². The van der Waals surface area contributed by atoms with Gasteiger partial charge in [-0.05, 0) is 37.3 Å². The van der Waals surface area contributed by atoms with Crippen LogP contribution in [-0.4, -0.2) is 19.2 Å². The van der Waals surface area contributed by atoms with Gasteiger partial charge in [-0.25, -0.2) is 13.8 Å². The smallest absolute Gasteiger partial charge is 0.161 e. The minimum atomic E-state index is -1.08. The Morgan fingerprint density at radius 3 is 2.21 bits per heavy atom. The molecule has 6 heteroatoms. The van der Waals surface area contributed by atoms with E-state index < -0.39 is 11.6 Å². The van der Waals surface area contributed by atoms with Crippen LogP contribution in [0.15, 0.2) is 41.4 Å². The number of nitrogens with zero attached hydrogens (tertiary/aromatic N) is 2. The molecule has 0 saturated carbocycles. The summed E-state index contributed by atoms with van der Waals surface area (Å²) in [7, 11) is 1.77. The Balaban J connectivity index is 0.00000139. The predicted octanol–water partition coefficient (Wildman–Crippen LogP) is 4.57. The second-order valence-electron chi connectivity index (χ2n) is 4.75. The van der Waals surface area contributed by atoms with E-state index in [0.29, 0.717) is 17.8 Å². The lowest BCUT2D eigenvalue weighted by Crippen LogP contribution is -2.23. The maximum absolute atomic E-state index is 13.3. The number of benzene rings is 2. The fourth-order valence-electron chi connectivity index (χ4n) is 1.88. The highest BCUT2D eigenvalue weighted by Crippen LogP contribution is 2.23. The molecule has 0 heterocycles. The number of hydrogen-bond donors (Lipinski definition) is 1. The number of hydrogen-bond acceptors (Lipinski definition) is 3. The summed E-state index contributed by atoms with van der Waals surface area (Å²) >= 11 is 0. The van der Waals surface area contributed by atoms with Crippen LogP contribution in [0.2, 0.25) is 0 Å². The van der Waals surface area contributed by atoms with E-state index >= 15 is 0 Å². The van der Waals surface area contributed by atoms with Gasteiger partial charge in [-0.3, -0.25) is 4.79 Å². The molecule has 2 aromatic carbocycles. The Hall–Kier alpha value is -2.76. The van der Waals surface area contributed by atoms with Gasteiger partial charge in [0.1, 0.15) is 5.84 Å². The van der Waals surface area contributed by atoms with Crippen molar-refractivity contribution in [3.05, 3.63) is 53.6 Å². The summed E-state index contributed by atoms with van der Waals surface area (Å²) in [6, 6.07) is 8.83. The fourth-order valence-corrected chi connectivity index (χ4v) is 1.88. The van der Waals surface area contributed by atoms with Crippen LogP contribution >= 0.6 is 0 Å².